The maximum atomic E-state index is 13.1. The van der Waals surface area contributed by atoms with Crippen LogP contribution in [0, 0.1) is 0 Å². The molecule has 0 bridgehead atoms. The summed E-state index contributed by atoms with van der Waals surface area (Å²) in [6.07, 6.45) is 2.48. The molecule has 0 saturated carbocycles. The molecule has 3 amide bonds. The van der Waals surface area contributed by atoms with Crippen LogP contribution in [0.4, 0.5) is 0 Å². The Morgan fingerprint density at radius 3 is 2.35 bits per heavy atom. The second-order valence-electron chi connectivity index (χ2n) is 7.76. The summed E-state index contributed by atoms with van der Waals surface area (Å²) < 4.78 is 0. The molecule has 0 aromatic heterocycles. The average molecular weight is 489 g/mol. The topological polar surface area (TPSA) is 81.8 Å². The lowest BCUT2D eigenvalue weighted by Crippen LogP contribution is -2.56. The first-order valence-corrected chi connectivity index (χ1v) is 12.4. The molecular formula is C21H30Cl2N4O3S. The SMILES string of the molecule is CSCCC(NC(=O)c1ccc(Cl)cc1Cl)C(=O)N1CCN(CC(=O)NC(C)C)CC1. The fourth-order valence-corrected chi connectivity index (χ4v) is 4.29. The Labute approximate surface area is 198 Å². The molecule has 31 heavy (non-hydrogen) atoms. The summed E-state index contributed by atoms with van der Waals surface area (Å²) in [6, 6.07) is 4.12. The molecule has 172 valence electrons. The Hall–Kier alpha value is -1.48. The van der Waals surface area contributed by atoms with Gasteiger partial charge >= 0.3 is 0 Å². The lowest BCUT2D eigenvalue weighted by atomic mass is 10.1. The molecule has 0 aliphatic carbocycles. The van der Waals surface area contributed by atoms with Crippen molar-refractivity contribution >= 4 is 52.7 Å². The van der Waals surface area contributed by atoms with Gasteiger partial charge in [-0.2, -0.15) is 11.8 Å². The van der Waals surface area contributed by atoms with Crippen molar-refractivity contribution in [3.8, 4) is 0 Å². The number of rotatable bonds is 9. The number of amides is 3. The Kier molecular flexibility index (Phi) is 10.4. The normalized spacial score (nSPS) is 15.6. The van der Waals surface area contributed by atoms with Crippen LogP contribution >= 0.6 is 35.0 Å². The van der Waals surface area contributed by atoms with E-state index in [2.05, 4.69) is 10.6 Å². The third-order valence-electron chi connectivity index (χ3n) is 4.89. The number of hydrogen-bond donors (Lipinski definition) is 2. The largest absolute Gasteiger partial charge is 0.353 e. The highest BCUT2D eigenvalue weighted by Gasteiger charge is 2.29. The Morgan fingerprint density at radius 1 is 1.10 bits per heavy atom. The van der Waals surface area contributed by atoms with Gasteiger partial charge in [0.05, 0.1) is 17.1 Å². The Bertz CT molecular complexity index is 786. The van der Waals surface area contributed by atoms with E-state index in [9.17, 15) is 14.4 Å². The Balaban J connectivity index is 1.97. The standard InChI is InChI=1S/C21H30Cl2N4O3S/c1-14(2)24-19(28)13-26-7-9-27(10-8-26)21(30)18(6-11-31-3)25-20(29)16-5-4-15(22)12-17(16)23/h4-5,12,14,18H,6-11,13H2,1-3H3,(H,24,28)(H,25,29). The number of carbonyl (C=O) groups excluding carboxylic acids is 3. The molecule has 7 nitrogen and oxygen atoms in total. The highest BCUT2D eigenvalue weighted by Crippen LogP contribution is 2.21. The van der Waals surface area contributed by atoms with Crippen LogP contribution in [0.15, 0.2) is 18.2 Å². The second kappa shape index (κ2) is 12.5. The van der Waals surface area contributed by atoms with Gasteiger partial charge < -0.3 is 15.5 Å². The fourth-order valence-electron chi connectivity index (χ4n) is 3.32. The van der Waals surface area contributed by atoms with Gasteiger partial charge in [0.2, 0.25) is 11.8 Å². The van der Waals surface area contributed by atoms with Crippen LogP contribution in [0.5, 0.6) is 0 Å². The predicted molar refractivity (Wildman–Crippen MR) is 127 cm³/mol. The number of benzene rings is 1. The van der Waals surface area contributed by atoms with Gasteiger partial charge in [-0.05, 0) is 50.5 Å². The molecule has 1 unspecified atom stereocenters. The summed E-state index contributed by atoms with van der Waals surface area (Å²) in [6.45, 7) is 6.43. The van der Waals surface area contributed by atoms with E-state index in [-0.39, 0.29) is 28.4 Å². The third kappa shape index (κ3) is 8.18. The molecule has 10 heteroatoms. The van der Waals surface area contributed by atoms with Crippen LogP contribution in [0.2, 0.25) is 10.0 Å². The molecule has 1 aliphatic heterocycles. The molecule has 1 heterocycles. The highest BCUT2D eigenvalue weighted by molar-refractivity contribution is 7.98. The number of nitrogens with one attached hydrogen (secondary N) is 2. The number of hydrogen-bond acceptors (Lipinski definition) is 5. The average Bonchev–Trinajstić information content (AvgIpc) is 2.70. The van der Waals surface area contributed by atoms with E-state index in [4.69, 9.17) is 23.2 Å². The molecule has 1 fully saturated rings. The van der Waals surface area contributed by atoms with E-state index < -0.39 is 11.9 Å². The lowest BCUT2D eigenvalue weighted by Gasteiger charge is -2.36. The van der Waals surface area contributed by atoms with Crippen molar-refractivity contribution in [1.29, 1.82) is 0 Å². The maximum Gasteiger partial charge on any atom is 0.253 e. The van der Waals surface area contributed by atoms with Crippen molar-refractivity contribution in [2.75, 3.05) is 44.7 Å². The predicted octanol–water partition coefficient (Wildman–Crippen LogP) is 2.51. The van der Waals surface area contributed by atoms with Crippen molar-refractivity contribution in [2.45, 2.75) is 32.4 Å². The van der Waals surface area contributed by atoms with Gasteiger partial charge in [0.15, 0.2) is 0 Å². The van der Waals surface area contributed by atoms with Gasteiger partial charge in [0.25, 0.3) is 5.91 Å². The fraction of sp³-hybridized carbons (Fsp3) is 0.571. The summed E-state index contributed by atoms with van der Waals surface area (Å²) in [5, 5.41) is 6.41. The van der Waals surface area contributed by atoms with E-state index in [0.717, 1.165) is 5.75 Å². The van der Waals surface area contributed by atoms with E-state index in [0.29, 0.717) is 44.2 Å². The minimum atomic E-state index is -0.637. The lowest BCUT2D eigenvalue weighted by molar-refractivity contribution is -0.135. The Morgan fingerprint density at radius 2 is 1.77 bits per heavy atom. The number of carbonyl (C=O) groups is 3. The van der Waals surface area contributed by atoms with Crippen LogP contribution < -0.4 is 10.6 Å². The van der Waals surface area contributed by atoms with Crippen LogP contribution in [0.25, 0.3) is 0 Å². The monoisotopic (exact) mass is 488 g/mol. The quantitative estimate of drug-likeness (QED) is 0.557. The summed E-state index contributed by atoms with van der Waals surface area (Å²) in [5.74, 6) is 0.212. The van der Waals surface area contributed by atoms with Crippen molar-refractivity contribution in [1.82, 2.24) is 20.4 Å². The zero-order valence-corrected chi connectivity index (χ0v) is 20.4. The first kappa shape index (κ1) is 25.8. The molecule has 0 radical (unpaired) electrons. The van der Waals surface area contributed by atoms with E-state index in [1.54, 1.807) is 28.8 Å². The van der Waals surface area contributed by atoms with Crippen molar-refractivity contribution in [3.63, 3.8) is 0 Å². The van der Waals surface area contributed by atoms with Crippen LogP contribution in [-0.4, -0.2) is 84.3 Å². The first-order valence-electron chi connectivity index (χ1n) is 10.3. The summed E-state index contributed by atoms with van der Waals surface area (Å²) >= 11 is 13.7. The molecule has 1 aromatic carbocycles. The maximum absolute atomic E-state index is 13.1. The zero-order chi connectivity index (χ0) is 23.0. The van der Waals surface area contributed by atoms with Gasteiger partial charge in [-0.25, -0.2) is 0 Å². The van der Waals surface area contributed by atoms with E-state index >= 15 is 0 Å². The van der Waals surface area contributed by atoms with E-state index in [1.165, 1.54) is 6.07 Å². The van der Waals surface area contributed by atoms with Crippen LogP contribution in [-0.2, 0) is 9.59 Å². The number of halogens is 2. The van der Waals surface area contributed by atoms with Crippen molar-refractivity contribution in [2.24, 2.45) is 0 Å². The van der Waals surface area contributed by atoms with Gasteiger partial charge in [0.1, 0.15) is 6.04 Å². The van der Waals surface area contributed by atoms with Crippen LogP contribution in [0.3, 0.4) is 0 Å². The number of piperazine rings is 1. The molecule has 1 aliphatic rings. The molecular weight excluding hydrogens is 459 g/mol. The number of nitrogens with zero attached hydrogens (tertiary/aromatic N) is 2. The van der Waals surface area contributed by atoms with Crippen molar-refractivity contribution < 1.29 is 14.4 Å². The van der Waals surface area contributed by atoms with Gasteiger partial charge in [-0.3, -0.25) is 19.3 Å². The molecule has 1 aromatic rings. The number of thioether (sulfide) groups is 1. The smallest absolute Gasteiger partial charge is 0.253 e. The van der Waals surface area contributed by atoms with Gasteiger partial charge in [-0.15, -0.1) is 0 Å². The molecule has 1 saturated heterocycles. The summed E-state index contributed by atoms with van der Waals surface area (Å²) in [4.78, 5) is 41.6. The van der Waals surface area contributed by atoms with Crippen LogP contribution in [0.1, 0.15) is 30.6 Å². The molecule has 0 spiro atoms. The highest BCUT2D eigenvalue weighted by atomic mass is 35.5. The van der Waals surface area contributed by atoms with Crippen molar-refractivity contribution in [3.05, 3.63) is 33.8 Å². The first-order chi connectivity index (χ1) is 14.7. The summed E-state index contributed by atoms with van der Waals surface area (Å²) in [7, 11) is 0. The molecule has 2 rings (SSSR count). The molecule has 2 N–H and O–H groups in total. The van der Waals surface area contributed by atoms with E-state index in [1.807, 2.05) is 25.0 Å². The van der Waals surface area contributed by atoms with Gasteiger partial charge in [0, 0.05) is 37.2 Å². The summed E-state index contributed by atoms with van der Waals surface area (Å²) in [5.41, 5.74) is 0.286. The third-order valence-corrected chi connectivity index (χ3v) is 6.08. The zero-order valence-electron chi connectivity index (χ0n) is 18.1. The minimum absolute atomic E-state index is 0.0141. The minimum Gasteiger partial charge on any atom is -0.353 e. The second-order valence-corrected chi connectivity index (χ2v) is 9.58. The molecule has 1 atom stereocenters. The van der Waals surface area contributed by atoms with Gasteiger partial charge in [-0.1, -0.05) is 23.2 Å².